The second-order valence-corrected chi connectivity index (χ2v) is 20.3. The van der Waals surface area contributed by atoms with Gasteiger partial charge < -0.3 is 37.4 Å². The number of carbonyl (C=O) groups is 1. The predicted octanol–water partition coefficient (Wildman–Crippen LogP) is 11.3. The van der Waals surface area contributed by atoms with Gasteiger partial charge in [0.05, 0.1) is 39.9 Å². The number of nitrogens with zero attached hydrogens (tertiary/aromatic N) is 3. The number of aromatic nitrogens is 1. The molecule has 3 atom stereocenters. The first-order chi connectivity index (χ1) is 28.9. The third-order valence-corrected chi connectivity index (χ3v) is 13.1. The molecule has 0 fully saturated rings. The summed E-state index contributed by atoms with van der Waals surface area (Å²) in [6, 6.07) is 0.976. The summed E-state index contributed by atoms with van der Waals surface area (Å²) in [5, 5.41) is 13.9. The highest BCUT2D eigenvalue weighted by Crippen LogP contribution is 2.44. The average molecular weight is 880 g/mol. The quantitative estimate of drug-likeness (QED) is 0.0213. The van der Waals surface area contributed by atoms with Gasteiger partial charge in [0.2, 0.25) is 5.91 Å². The number of nitrogens with one attached hydrogen (secondary N) is 1. The Labute approximate surface area is 368 Å². The van der Waals surface area contributed by atoms with E-state index in [2.05, 4.69) is 12.2 Å². The lowest BCUT2D eigenvalue weighted by molar-refractivity contribution is -0.870. The molecule has 3 heterocycles. The molecule has 14 heteroatoms. The Morgan fingerprint density at radius 3 is 2.03 bits per heavy atom. The Hall–Kier alpha value is -2.41. The highest BCUT2D eigenvalue weighted by atomic mass is 31.2. The van der Waals surface area contributed by atoms with Gasteiger partial charge in [-0.25, -0.2) is 4.57 Å². The van der Waals surface area contributed by atoms with Gasteiger partial charge in [-0.05, 0) is 70.2 Å². The van der Waals surface area contributed by atoms with Crippen LogP contribution >= 0.6 is 7.82 Å². The van der Waals surface area contributed by atoms with E-state index in [1.54, 1.807) is 19.9 Å². The zero-order valence-corrected chi connectivity index (χ0v) is 40.2. The van der Waals surface area contributed by atoms with Crippen molar-refractivity contribution in [2.24, 2.45) is 0 Å². The molecule has 348 valence electrons. The van der Waals surface area contributed by atoms with E-state index in [-0.39, 0.29) is 25.5 Å². The fourth-order valence-electron chi connectivity index (χ4n) is 8.76. The van der Waals surface area contributed by atoms with Gasteiger partial charge in [-0.3, -0.25) is 13.8 Å². The van der Waals surface area contributed by atoms with Crippen LogP contribution in [-0.4, -0.2) is 95.1 Å². The molecule has 3 rings (SSSR count). The highest BCUT2D eigenvalue weighted by Gasteiger charge is 2.54. The summed E-state index contributed by atoms with van der Waals surface area (Å²) in [5.41, 5.74) is 5.40. The van der Waals surface area contributed by atoms with Gasteiger partial charge in [0.1, 0.15) is 18.9 Å². The summed E-state index contributed by atoms with van der Waals surface area (Å²) in [6.07, 6.45) is 27.8. The van der Waals surface area contributed by atoms with Crippen molar-refractivity contribution in [3.05, 3.63) is 52.5 Å². The number of hydrogen-bond donors (Lipinski definition) is 3. The van der Waals surface area contributed by atoms with Crippen molar-refractivity contribution in [1.29, 1.82) is 0 Å². The van der Waals surface area contributed by atoms with Crippen LogP contribution in [0.2, 0.25) is 0 Å². The van der Waals surface area contributed by atoms with Crippen molar-refractivity contribution in [2.75, 3.05) is 40.9 Å². The third-order valence-electron chi connectivity index (χ3n) is 12.1. The van der Waals surface area contributed by atoms with Gasteiger partial charge in [-0.15, -0.1) is 0 Å². The summed E-state index contributed by atoms with van der Waals surface area (Å²) in [7, 11) is 1.47. The maximum atomic E-state index is 15.8. The van der Waals surface area contributed by atoms with E-state index < -0.39 is 26.9 Å². The summed E-state index contributed by atoms with van der Waals surface area (Å²) >= 11 is 0. The number of quaternary nitrogens is 1. The van der Waals surface area contributed by atoms with Crippen LogP contribution in [0, 0.1) is 13.8 Å². The number of phosphoric ester groups is 1. The van der Waals surface area contributed by atoms with Crippen LogP contribution in [0.15, 0.2) is 35.6 Å². The fraction of sp³-hybridized carbons (Fsp3) is 0.745. The number of phosphoric acid groups is 1. The molecule has 1 amide bonds. The van der Waals surface area contributed by atoms with E-state index in [1.807, 2.05) is 53.2 Å². The third kappa shape index (κ3) is 17.9. The number of amides is 1. The van der Waals surface area contributed by atoms with E-state index in [0.29, 0.717) is 40.2 Å². The second-order valence-electron chi connectivity index (χ2n) is 18.8. The van der Waals surface area contributed by atoms with Crippen LogP contribution < -0.4 is 5.32 Å². The lowest BCUT2D eigenvalue weighted by Gasteiger charge is -2.34. The topological polar surface area (TPSA) is 113 Å². The van der Waals surface area contributed by atoms with E-state index in [1.165, 1.54) is 66.8 Å². The molecule has 61 heavy (non-hydrogen) atoms. The van der Waals surface area contributed by atoms with Crippen LogP contribution in [0.4, 0.5) is 8.63 Å². The minimum Gasteiger partial charge on any atom is -0.394 e. The van der Waals surface area contributed by atoms with E-state index in [0.717, 1.165) is 87.3 Å². The van der Waals surface area contributed by atoms with E-state index in [4.69, 9.17) is 9.05 Å². The normalized spacial score (nSPS) is 17.1. The first-order valence-electron chi connectivity index (χ1n) is 23.7. The van der Waals surface area contributed by atoms with E-state index >= 15 is 8.63 Å². The molecule has 2 aliphatic rings. The number of aliphatic hydroxyl groups excluding tert-OH is 1. The Morgan fingerprint density at radius 1 is 0.885 bits per heavy atom. The molecule has 0 aliphatic carbocycles. The van der Waals surface area contributed by atoms with Gasteiger partial charge in [0.25, 0.3) is 0 Å². The molecule has 0 saturated heterocycles. The zero-order chi connectivity index (χ0) is 45.1. The van der Waals surface area contributed by atoms with Crippen molar-refractivity contribution in [2.45, 2.75) is 188 Å². The number of unbranched alkanes of at least 4 members (excludes halogenated alkanes) is 18. The number of aliphatic hydroxyl groups is 1. The number of rotatable bonds is 33. The van der Waals surface area contributed by atoms with Crippen LogP contribution in [0.1, 0.15) is 179 Å². The highest BCUT2D eigenvalue weighted by molar-refractivity contribution is 7.47. The fourth-order valence-corrected chi connectivity index (χ4v) is 9.49. The number of allylic oxidation sites excluding steroid dienone is 4. The van der Waals surface area contributed by atoms with Gasteiger partial charge in [0.15, 0.2) is 5.70 Å². The number of aryl methyl sites for hydroxylation is 2. The number of likely N-dealkylation sites (N-methyl/N-ethyl adjacent to an activating group) is 1. The van der Waals surface area contributed by atoms with Gasteiger partial charge >= 0.3 is 14.8 Å². The molecule has 1 unspecified atom stereocenters. The van der Waals surface area contributed by atoms with Crippen molar-refractivity contribution >= 4 is 32.0 Å². The molecule has 3 N–H and O–H groups in total. The SMILES string of the molecule is CCCCCCCCCCCCC/C=C/[C@@H](O)[C@H](COP(=O)(O)OCC[N+](C)(C)C)NC(=O)CCCCCCCCCCC1=C2C(C)=CC(C)=[N+]2[B-](F)(F)n2c(C)cc(C)c21. The van der Waals surface area contributed by atoms with Gasteiger partial charge in [0, 0.05) is 36.3 Å². The summed E-state index contributed by atoms with van der Waals surface area (Å²) in [6.45, 7) is 5.90. The van der Waals surface area contributed by atoms with Crippen LogP contribution in [0.25, 0.3) is 5.57 Å². The molecule has 0 radical (unpaired) electrons. The minimum absolute atomic E-state index is 0.0306. The van der Waals surface area contributed by atoms with Crippen molar-refractivity contribution in [3.63, 3.8) is 0 Å². The number of halogens is 2. The summed E-state index contributed by atoms with van der Waals surface area (Å²) in [4.78, 5) is 23.3. The van der Waals surface area contributed by atoms with Crippen molar-refractivity contribution < 1.29 is 46.0 Å². The standard InChI is InChI=1S/C47H82BF2N4O6P/c1-9-10-11-12-13-14-15-16-17-18-22-25-28-31-44(55)43(37-60-61(57,58)59-34-33-54(6,7)8)51-45(56)32-29-26-23-20-19-21-24-27-30-42-46-38(2)35-40(4)52(46)48(49,50)53-41(5)36-39(3)47(42)53/h28,31,35-36,43-44,55H,9-27,29-30,32-34,37H2,1-8H3,(H-,51,56,57,58)/p+1/b31-28+/t43-,44+/m0/s1. The molecule has 0 saturated carbocycles. The summed E-state index contributed by atoms with van der Waals surface area (Å²) < 4.78 is 57.8. The van der Waals surface area contributed by atoms with E-state index in [9.17, 15) is 19.4 Å². The predicted molar refractivity (Wildman–Crippen MR) is 248 cm³/mol. The Kier molecular flexibility index (Phi) is 22.9. The molecule has 1 aromatic heterocycles. The first kappa shape index (κ1) is 52.9. The van der Waals surface area contributed by atoms with Crippen molar-refractivity contribution in [3.8, 4) is 0 Å². The smallest absolute Gasteiger partial charge is 0.394 e. The molecule has 2 aliphatic heterocycles. The molecule has 0 spiro atoms. The minimum atomic E-state index is -4.39. The molecule has 10 nitrogen and oxygen atoms in total. The first-order valence-corrected chi connectivity index (χ1v) is 25.2. The van der Waals surface area contributed by atoms with Crippen molar-refractivity contribution in [1.82, 2.24) is 9.79 Å². The van der Waals surface area contributed by atoms with Crippen LogP contribution in [-0.2, 0) is 18.4 Å². The van der Waals surface area contributed by atoms with Gasteiger partial charge in [-0.2, -0.15) is 0 Å². The second kappa shape index (κ2) is 26.4. The monoisotopic (exact) mass is 880 g/mol. The molecule has 1 aromatic rings. The molecular formula is C47H83BF2N4O6P+. The lowest BCUT2D eigenvalue weighted by Crippen LogP contribution is -2.51. The molecule has 0 aromatic carbocycles. The average Bonchev–Trinajstić information content (AvgIpc) is 3.66. The Morgan fingerprint density at radius 2 is 1.44 bits per heavy atom. The Bertz CT molecular complexity index is 1700. The lowest BCUT2D eigenvalue weighted by atomic mass is 9.84. The molecule has 0 bridgehead atoms. The zero-order valence-electron chi connectivity index (χ0n) is 39.3. The maximum absolute atomic E-state index is 15.8. The van der Waals surface area contributed by atoms with Crippen LogP contribution in [0.3, 0.4) is 0 Å². The summed E-state index contributed by atoms with van der Waals surface area (Å²) in [5.74, 6) is -0.238. The maximum Gasteiger partial charge on any atom is 0.737 e. The number of fused-ring (bicyclic) bond motifs is 2. The number of hydrogen-bond acceptors (Lipinski definition) is 5. The largest absolute Gasteiger partial charge is 0.737 e. The molecular weight excluding hydrogens is 796 g/mol. The van der Waals surface area contributed by atoms with Gasteiger partial charge in [-0.1, -0.05) is 122 Å². The number of carbonyl (C=O) groups excluding carboxylic acids is 1. The van der Waals surface area contributed by atoms with Crippen LogP contribution in [0.5, 0.6) is 0 Å². The Balaban J connectivity index is 1.38.